The smallest absolute Gasteiger partial charge is 0.391 e. The number of benzene rings is 1. The van der Waals surface area contributed by atoms with Crippen molar-refractivity contribution < 1.29 is 23.1 Å². The first-order chi connectivity index (χ1) is 10.4. The highest BCUT2D eigenvalue weighted by molar-refractivity contribution is 5.95. The summed E-state index contributed by atoms with van der Waals surface area (Å²) in [5.74, 6) is -0.685. The van der Waals surface area contributed by atoms with E-state index in [2.05, 4.69) is 5.32 Å². The van der Waals surface area contributed by atoms with E-state index in [1.807, 2.05) is 0 Å². The van der Waals surface area contributed by atoms with E-state index >= 15 is 0 Å². The Kier molecular flexibility index (Phi) is 5.45. The number of hydrogen-bond acceptors (Lipinski definition) is 2. The minimum absolute atomic E-state index is 0.0182. The molecule has 1 unspecified atom stereocenters. The highest BCUT2D eigenvalue weighted by Crippen LogP contribution is 2.32. The molecule has 0 radical (unpaired) electrons. The molecular weight excluding hydrogens is 295 g/mol. The molecule has 1 saturated carbocycles. The number of amides is 1. The van der Waals surface area contributed by atoms with Gasteiger partial charge in [0.15, 0.2) is 0 Å². The molecule has 3 nitrogen and oxygen atoms in total. The zero-order valence-corrected chi connectivity index (χ0v) is 12.2. The molecular formula is C16H20F3NO2. The molecule has 1 aliphatic rings. The summed E-state index contributed by atoms with van der Waals surface area (Å²) in [6, 6.07) is 4.66. The fraction of sp³-hybridized carbons (Fsp3) is 0.562. The van der Waals surface area contributed by atoms with Crippen LogP contribution in [0.5, 0.6) is 0 Å². The van der Waals surface area contributed by atoms with Gasteiger partial charge in [-0.3, -0.25) is 4.79 Å². The van der Waals surface area contributed by atoms with Gasteiger partial charge in [0, 0.05) is 6.54 Å². The summed E-state index contributed by atoms with van der Waals surface area (Å²) in [4.78, 5) is 12.0. The van der Waals surface area contributed by atoms with Gasteiger partial charge in [0.05, 0.1) is 17.2 Å². The van der Waals surface area contributed by atoms with E-state index in [1.54, 1.807) is 0 Å². The molecule has 6 heteroatoms. The summed E-state index contributed by atoms with van der Waals surface area (Å²) in [5, 5.41) is 12.5. The molecule has 122 valence electrons. The lowest BCUT2D eigenvalue weighted by molar-refractivity contribution is -0.137. The Morgan fingerprint density at radius 1 is 1.23 bits per heavy atom. The topological polar surface area (TPSA) is 49.3 Å². The third-order valence-electron chi connectivity index (χ3n) is 4.14. The molecule has 0 aliphatic heterocycles. The second-order valence-corrected chi connectivity index (χ2v) is 5.72. The van der Waals surface area contributed by atoms with Crippen molar-refractivity contribution in [2.45, 2.75) is 44.4 Å². The van der Waals surface area contributed by atoms with Crippen LogP contribution in [0.1, 0.15) is 48.0 Å². The van der Waals surface area contributed by atoms with Crippen LogP contribution in [0.4, 0.5) is 13.2 Å². The van der Waals surface area contributed by atoms with Crippen LogP contribution in [0.25, 0.3) is 0 Å². The van der Waals surface area contributed by atoms with Crippen molar-refractivity contribution in [1.82, 2.24) is 5.32 Å². The first-order valence-corrected chi connectivity index (χ1v) is 7.52. The van der Waals surface area contributed by atoms with Crippen molar-refractivity contribution in [3.05, 3.63) is 35.4 Å². The van der Waals surface area contributed by atoms with E-state index < -0.39 is 29.3 Å². The first-order valence-electron chi connectivity index (χ1n) is 7.52. The van der Waals surface area contributed by atoms with Crippen LogP contribution in [-0.4, -0.2) is 23.7 Å². The number of carbonyl (C=O) groups excluding carboxylic acids is 1. The van der Waals surface area contributed by atoms with Crippen molar-refractivity contribution in [3.63, 3.8) is 0 Å². The number of nitrogens with one attached hydrogen (secondary N) is 1. The standard InChI is InChI=1S/C16H20F3NO2/c17-16(18,19)13-9-5-4-8-12(13)15(22)20-10-14(21)11-6-2-1-3-7-11/h4-5,8-9,11,14,21H,1-3,6-7,10H2,(H,20,22). The Bertz CT molecular complexity index is 510. The average molecular weight is 315 g/mol. The van der Waals surface area contributed by atoms with Crippen molar-refractivity contribution in [1.29, 1.82) is 0 Å². The van der Waals surface area contributed by atoms with Gasteiger partial charge in [0.25, 0.3) is 5.91 Å². The van der Waals surface area contributed by atoms with Gasteiger partial charge in [-0.15, -0.1) is 0 Å². The van der Waals surface area contributed by atoms with Crippen molar-refractivity contribution >= 4 is 5.91 Å². The second-order valence-electron chi connectivity index (χ2n) is 5.72. The quantitative estimate of drug-likeness (QED) is 0.895. The Morgan fingerprint density at radius 2 is 1.86 bits per heavy atom. The molecule has 1 aromatic rings. The maximum absolute atomic E-state index is 12.9. The number of rotatable bonds is 4. The molecule has 1 amide bonds. The minimum atomic E-state index is -4.57. The van der Waals surface area contributed by atoms with Gasteiger partial charge in [0.2, 0.25) is 0 Å². The third-order valence-corrected chi connectivity index (χ3v) is 4.14. The molecule has 0 aromatic heterocycles. The maximum Gasteiger partial charge on any atom is 0.417 e. The fourth-order valence-corrected chi connectivity index (χ4v) is 2.91. The fourth-order valence-electron chi connectivity index (χ4n) is 2.91. The molecule has 1 aromatic carbocycles. The predicted molar refractivity (Wildman–Crippen MR) is 76.4 cm³/mol. The van der Waals surface area contributed by atoms with Crippen molar-refractivity contribution in [2.75, 3.05) is 6.54 Å². The monoisotopic (exact) mass is 315 g/mol. The van der Waals surface area contributed by atoms with E-state index in [4.69, 9.17) is 0 Å². The Morgan fingerprint density at radius 3 is 2.50 bits per heavy atom. The van der Waals surface area contributed by atoms with E-state index in [0.717, 1.165) is 44.2 Å². The average Bonchev–Trinajstić information content (AvgIpc) is 2.52. The molecule has 0 bridgehead atoms. The third kappa shape index (κ3) is 4.22. The highest BCUT2D eigenvalue weighted by Gasteiger charge is 2.35. The molecule has 0 spiro atoms. The summed E-state index contributed by atoms with van der Waals surface area (Å²) in [6.07, 6.45) is -0.238. The van der Waals surface area contributed by atoms with Gasteiger partial charge in [-0.1, -0.05) is 31.4 Å². The SMILES string of the molecule is O=C(NCC(O)C1CCCCC1)c1ccccc1C(F)(F)F. The number of alkyl halides is 3. The molecule has 1 atom stereocenters. The normalized spacial score (nSPS) is 18.0. The Balaban J connectivity index is 1.98. The van der Waals surface area contributed by atoms with E-state index in [0.29, 0.717) is 0 Å². The van der Waals surface area contributed by atoms with E-state index in [-0.39, 0.29) is 12.5 Å². The lowest BCUT2D eigenvalue weighted by atomic mass is 9.85. The summed E-state index contributed by atoms with van der Waals surface area (Å²) in [6.45, 7) is -0.0182. The van der Waals surface area contributed by atoms with Gasteiger partial charge in [-0.05, 0) is 30.9 Å². The largest absolute Gasteiger partial charge is 0.417 e. The Hall–Kier alpha value is -1.56. The Labute approximate surface area is 127 Å². The van der Waals surface area contributed by atoms with E-state index in [9.17, 15) is 23.1 Å². The maximum atomic E-state index is 12.9. The second kappa shape index (κ2) is 7.13. The number of hydrogen-bond donors (Lipinski definition) is 2. The molecule has 0 saturated heterocycles. The molecule has 2 N–H and O–H groups in total. The van der Waals surface area contributed by atoms with Crippen LogP contribution in [-0.2, 0) is 6.18 Å². The molecule has 0 heterocycles. The van der Waals surface area contributed by atoms with Gasteiger partial charge in [-0.25, -0.2) is 0 Å². The molecule has 1 fully saturated rings. The molecule has 22 heavy (non-hydrogen) atoms. The summed E-state index contributed by atoms with van der Waals surface area (Å²) >= 11 is 0. The molecule has 2 rings (SSSR count). The summed E-state index contributed by atoms with van der Waals surface area (Å²) in [7, 11) is 0. The number of carbonyl (C=O) groups is 1. The highest BCUT2D eigenvalue weighted by atomic mass is 19.4. The number of halogens is 3. The van der Waals surface area contributed by atoms with Crippen LogP contribution in [0, 0.1) is 5.92 Å². The van der Waals surface area contributed by atoms with Crippen molar-refractivity contribution in [3.8, 4) is 0 Å². The predicted octanol–water partition coefficient (Wildman–Crippen LogP) is 3.38. The van der Waals surface area contributed by atoms with Crippen LogP contribution < -0.4 is 5.32 Å². The van der Waals surface area contributed by atoms with Gasteiger partial charge >= 0.3 is 6.18 Å². The van der Waals surface area contributed by atoms with Gasteiger partial charge in [-0.2, -0.15) is 13.2 Å². The number of aliphatic hydroxyl groups is 1. The van der Waals surface area contributed by atoms with Crippen LogP contribution in [0.2, 0.25) is 0 Å². The van der Waals surface area contributed by atoms with E-state index in [1.165, 1.54) is 12.1 Å². The number of aliphatic hydroxyl groups excluding tert-OH is 1. The molecule has 1 aliphatic carbocycles. The summed E-state index contributed by atoms with van der Waals surface area (Å²) in [5.41, 5.74) is -1.37. The van der Waals surface area contributed by atoms with Crippen molar-refractivity contribution in [2.24, 2.45) is 5.92 Å². The lowest BCUT2D eigenvalue weighted by Gasteiger charge is -2.26. The van der Waals surface area contributed by atoms with Gasteiger partial charge in [0.1, 0.15) is 0 Å². The lowest BCUT2D eigenvalue weighted by Crippen LogP contribution is -2.37. The van der Waals surface area contributed by atoms with Gasteiger partial charge < -0.3 is 10.4 Å². The van der Waals surface area contributed by atoms with Crippen LogP contribution in [0.15, 0.2) is 24.3 Å². The van der Waals surface area contributed by atoms with Crippen LogP contribution in [0.3, 0.4) is 0 Å². The minimum Gasteiger partial charge on any atom is -0.391 e. The zero-order chi connectivity index (χ0) is 16.2. The first kappa shape index (κ1) is 16.8. The zero-order valence-electron chi connectivity index (χ0n) is 12.2. The van der Waals surface area contributed by atoms with Crippen LogP contribution >= 0.6 is 0 Å². The summed E-state index contributed by atoms with van der Waals surface area (Å²) < 4.78 is 38.6.